The Morgan fingerprint density at radius 1 is 1.47 bits per heavy atom. The number of non-ortho nitro benzene ring substituents is 1. The summed E-state index contributed by atoms with van der Waals surface area (Å²) in [6.07, 6.45) is 0. The van der Waals surface area contributed by atoms with Crippen LogP contribution in [0.25, 0.3) is 0 Å². The highest BCUT2D eigenvalue weighted by Gasteiger charge is 2.19. The van der Waals surface area contributed by atoms with Crippen molar-refractivity contribution in [1.29, 1.82) is 0 Å². The molecule has 0 spiro atoms. The van der Waals surface area contributed by atoms with E-state index in [-0.39, 0.29) is 10.6 Å². The molecule has 1 aromatic carbocycles. The van der Waals surface area contributed by atoms with E-state index in [1.54, 1.807) is 12.1 Å². The zero-order chi connectivity index (χ0) is 12.4. The van der Waals surface area contributed by atoms with E-state index in [0.29, 0.717) is 19.2 Å². The number of nitro benzene ring substituents is 1. The average molecular weight is 236 g/mol. The largest absolute Gasteiger partial charge is 0.492 e. The molecule has 0 saturated heterocycles. The van der Waals surface area contributed by atoms with Crippen molar-refractivity contribution < 1.29 is 9.66 Å². The molecule has 0 saturated carbocycles. The van der Waals surface area contributed by atoms with Crippen LogP contribution in [0.15, 0.2) is 18.2 Å². The second-order valence-corrected chi connectivity index (χ2v) is 4.46. The molecule has 0 unspecified atom stereocenters. The molecule has 1 aromatic rings. The third kappa shape index (κ3) is 2.55. The number of nitrogens with zero attached hydrogens (tertiary/aromatic N) is 2. The van der Waals surface area contributed by atoms with Crippen LogP contribution in [0.4, 0.5) is 5.69 Å². The Kier molecular flexibility index (Phi) is 3.28. The molecule has 0 aliphatic carbocycles. The number of ether oxygens (including phenoxy) is 1. The summed E-state index contributed by atoms with van der Waals surface area (Å²) in [5.74, 6) is 0.763. The molecule has 17 heavy (non-hydrogen) atoms. The van der Waals surface area contributed by atoms with E-state index in [1.807, 2.05) is 0 Å². The molecule has 5 heteroatoms. The van der Waals surface area contributed by atoms with Gasteiger partial charge in [0.05, 0.1) is 4.92 Å². The Labute approximate surface area is 100 Å². The van der Waals surface area contributed by atoms with Crippen molar-refractivity contribution in [3.05, 3.63) is 33.9 Å². The predicted octanol–water partition coefficient (Wildman–Crippen LogP) is 2.20. The van der Waals surface area contributed by atoms with Crippen LogP contribution in [-0.2, 0) is 6.54 Å². The van der Waals surface area contributed by atoms with Crippen molar-refractivity contribution in [2.75, 3.05) is 13.2 Å². The SMILES string of the molecule is CC(C)N1CCOc2ccc([N+](=O)[O-])cc2C1. The zero-order valence-corrected chi connectivity index (χ0v) is 10.0. The highest BCUT2D eigenvalue weighted by Crippen LogP contribution is 2.27. The van der Waals surface area contributed by atoms with Crippen molar-refractivity contribution in [3.63, 3.8) is 0 Å². The summed E-state index contributed by atoms with van der Waals surface area (Å²) >= 11 is 0. The molecule has 1 heterocycles. The van der Waals surface area contributed by atoms with Gasteiger partial charge in [-0.05, 0) is 19.9 Å². The monoisotopic (exact) mass is 236 g/mol. The van der Waals surface area contributed by atoms with Crippen molar-refractivity contribution >= 4 is 5.69 Å². The fraction of sp³-hybridized carbons (Fsp3) is 0.500. The molecule has 0 amide bonds. The quantitative estimate of drug-likeness (QED) is 0.583. The maximum absolute atomic E-state index is 10.7. The minimum Gasteiger partial charge on any atom is -0.492 e. The maximum Gasteiger partial charge on any atom is 0.270 e. The summed E-state index contributed by atoms with van der Waals surface area (Å²) in [5, 5.41) is 10.7. The molecule has 92 valence electrons. The highest BCUT2D eigenvalue weighted by atomic mass is 16.6. The van der Waals surface area contributed by atoms with Gasteiger partial charge in [0.2, 0.25) is 0 Å². The normalized spacial score (nSPS) is 16.2. The van der Waals surface area contributed by atoms with E-state index in [2.05, 4.69) is 18.7 Å². The van der Waals surface area contributed by atoms with E-state index in [1.165, 1.54) is 6.07 Å². The number of hydrogen-bond acceptors (Lipinski definition) is 4. The third-order valence-corrected chi connectivity index (χ3v) is 2.99. The number of rotatable bonds is 2. The molecule has 0 aromatic heterocycles. The van der Waals surface area contributed by atoms with Crippen molar-refractivity contribution in [2.45, 2.75) is 26.4 Å². The van der Waals surface area contributed by atoms with Gasteiger partial charge in [-0.25, -0.2) is 0 Å². The van der Waals surface area contributed by atoms with Crippen LogP contribution in [0.1, 0.15) is 19.4 Å². The van der Waals surface area contributed by atoms with E-state index in [0.717, 1.165) is 17.9 Å². The maximum atomic E-state index is 10.7. The standard InChI is InChI=1S/C12H16N2O3/c1-9(2)13-5-6-17-12-4-3-11(14(15)16)7-10(12)8-13/h3-4,7,9H,5-6,8H2,1-2H3. The van der Waals surface area contributed by atoms with Gasteiger partial charge in [0.15, 0.2) is 0 Å². The molecular weight excluding hydrogens is 220 g/mol. The van der Waals surface area contributed by atoms with Crippen LogP contribution in [0, 0.1) is 10.1 Å². The Hall–Kier alpha value is -1.62. The summed E-state index contributed by atoms with van der Waals surface area (Å²) in [7, 11) is 0. The number of nitro groups is 1. The first-order valence-electron chi connectivity index (χ1n) is 5.72. The van der Waals surface area contributed by atoms with Crippen LogP contribution in [0.2, 0.25) is 0 Å². The second-order valence-electron chi connectivity index (χ2n) is 4.46. The van der Waals surface area contributed by atoms with Crippen molar-refractivity contribution in [1.82, 2.24) is 4.90 Å². The lowest BCUT2D eigenvalue weighted by Gasteiger charge is -2.23. The lowest BCUT2D eigenvalue weighted by Crippen LogP contribution is -2.32. The van der Waals surface area contributed by atoms with E-state index in [4.69, 9.17) is 4.74 Å². The number of benzene rings is 1. The fourth-order valence-electron chi connectivity index (χ4n) is 1.96. The predicted molar refractivity (Wildman–Crippen MR) is 64.1 cm³/mol. The Morgan fingerprint density at radius 2 is 2.24 bits per heavy atom. The summed E-state index contributed by atoms with van der Waals surface area (Å²) in [6, 6.07) is 5.20. The van der Waals surface area contributed by atoms with Gasteiger partial charge < -0.3 is 4.74 Å². The topological polar surface area (TPSA) is 55.6 Å². The van der Waals surface area contributed by atoms with E-state index < -0.39 is 0 Å². The van der Waals surface area contributed by atoms with Crippen LogP contribution in [0.5, 0.6) is 5.75 Å². The summed E-state index contributed by atoms with van der Waals surface area (Å²) in [6.45, 7) is 6.41. The Morgan fingerprint density at radius 3 is 2.88 bits per heavy atom. The van der Waals surface area contributed by atoms with Gasteiger partial charge in [0, 0.05) is 36.8 Å². The highest BCUT2D eigenvalue weighted by molar-refractivity contribution is 5.44. The molecule has 5 nitrogen and oxygen atoms in total. The van der Waals surface area contributed by atoms with Crippen LogP contribution in [0.3, 0.4) is 0 Å². The molecule has 0 fully saturated rings. The number of hydrogen-bond donors (Lipinski definition) is 0. The van der Waals surface area contributed by atoms with Crippen molar-refractivity contribution in [2.24, 2.45) is 0 Å². The first-order chi connectivity index (χ1) is 8.08. The van der Waals surface area contributed by atoms with Crippen LogP contribution in [-0.4, -0.2) is 29.0 Å². The van der Waals surface area contributed by atoms with E-state index >= 15 is 0 Å². The molecule has 1 aliphatic rings. The molecule has 0 N–H and O–H groups in total. The molecule has 2 rings (SSSR count). The zero-order valence-electron chi connectivity index (χ0n) is 10.0. The fourth-order valence-corrected chi connectivity index (χ4v) is 1.96. The van der Waals surface area contributed by atoms with E-state index in [9.17, 15) is 10.1 Å². The van der Waals surface area contributed by atoms with Gasteiger partial charge in [-0.1, -0.05) is 0 Å². The minimum absolute atomic E-state index is 0.123. The molecule has 0 atom stereocenters. The lowest BCUT2D eigenvalue weighted by molar-refractivity contribution is -0.384. The number of fused-ring (bicyclic) bond motifs is 1. The minimum atomic E-state index is -0.370. The smallest absolute Gasteiger partial charge is 0.270 e. The van der Waals surface area contributed by atoms with Crippen molar-refractivity contribution in [3.8, 4) is 5.75 Å². The molecule has 0 radical (unpaired) electrons. The first-order valence-corrected chi connectivity index (χ1v) is 5.72. The summed E-state index contributed by atoms with van der Waals surface area (Å²) in [5.41, 5.74) is 1.02. The van der Waals surface area contributed by atoms with Crippen LogP contribution >= 0.6 is 0 Å². The summed E-state index contributed by atoms with van der Waals surface area (Å²) < 4.78 is 5.60. The lowest BCUT2D eigenvalue weighted by atomic mass is 10.1. The van der Waals surface area contributed by atoms with Gasteiger partial charge in [0.25, 0.3) is 5.69 Å². The molecular formula is C12H16N2O3. The Balaban J connectivity index is 2.31. The van der Waals surface area contributed by atoms with Gasteiger partial charge >= 0.3 is 0 Å². The van der Waals surface area contributed by atoms with Gasteiger partial charge in [-0.3, -0.25) is 15.0 Å². The van der Waals surface area contributed by atoms with Gasteiger partial charge in [-0.2, -0.15) is 0 Å². The third-order valence-electron chi connectivity index (χ3n) is 2.99. The molecule has 0 bridgehead atoms. The Bertz CT molecular complexity index is 432. The first kappa shape index (κ1) is 11.9. The van der Waals surface area contributed by atoms with Gasteiger partial charge in [0.1, 0.15) is 12.4 Å². The second kappa shape index (κ2) is 4.71. The molecule has 1 aliphatic heterocycles. The average Bonchev–Trinajstić information content (AvgIpc) is 2.49. The van der Waals surface area contributed by atoms with Crippen LogP contribution < -0.4 is 4.74 Å². The summed E-state index contributed by atoms with van der Waals surface area (Å²) in [4.78, 5) is 12.6. The van der Waals surface area contributed by atoms with Gasteiger partial charge in [-0.15, -0.1) is 0 Å².